The summed E-state index contributed by atoms with van der Waals surface area (Å²) in [4.78, 5) is 6.71. The monoisotopic (exact) mass is 458 g/mol. The predicted molar refractivity (Wildman–Crippen MR) is 143 cm³/mol. The Labute approximate surface area is 204 Å². The Balaban J connectivity index is 0.000000196. The molecule has 1 nitrogen and oxygen atoms in total. The minimum atomic E-state index is -0.0394. The highest BCUT2D eigenvalue weighted by atomic mass is 32.2. The SMILES string of the molecule is CN1CCCC2CCCCC21.Cc1ccc([S+](c2ccc(C)cc2)c2ccc(C)cc2)cc1. The fraction of sp³-hybridized carbons (Fsp3) is 0.419. The van der Waals surface area contributed by atoms with E-state index >= 15 is 0 Å². The van der Waals surface area contributed by atoms with Crippen molar-refractivity contribution in [1.82, 2.24) is 4.90 Å². The lowest BCUT2D eigenvalue weighted by molar-refractivity contribution is 0.0841. The van der Waals surface area contributed by atoms with Crippen LogP contribution in [0, 0.1) is 26.7 Å². The lowest BCUT2D eigenvalue weighted by Gasteiger charge is -2.42. The number of likely N-dealkylation sites (tertiary alicyclic amines) is 1. The number of nitrogens with zero attached hydrogens (tertiary/aromatic N) is 1. The van der Waals surface area contributed by atoms with E-state index in [4.69, 9.17) is 0 Å². The van der Waals surface area contributed by atoms with Crippen LogP contribution in [0.3, 0.4) is 0 Å². The number of hydrogen-bond acceptors (Lipinski definition) is 1. The van der Waals surface area contributed by atoms with Crippen molar-refractivity contribution in [1.29, 1.82) is 0 Å². The van der Waals surface area contributed by atoms with E-state index in [1.165, 1.54) is 76.4 Å². The van der Waals surface area contributed by atoms with Crippen molar-refractivity contribution < 1.29 is 0 Å². The Bertz CT molecular complexity index is 880. The van der Waals surface area contributed by atoms with Crippen molar-refractivity contribution in [2.24, 2.45) is 5.92 Å². The van der Waals surface area contributed by atoms with Crippen LogP contribution in [0.15, 0.2) is 87.5 Å². The quantitative estimate of drug-likeness (QED) is 0.360. The molecule has 1 heterocycles. The van der Waals surface area contributed by atoms with Crippen molar-refractivity contribution >= 4 is 10.9 Å². The molecule has 2 fully saturated rings. The van der Waals surface area contributed by atoms with E-state index < -0.39 is 0 Å². The Morgan fingerprint density at radius 2 is 0.970 bits per heavy atom. The van der Waals surface area contributed by atoms with Gasteiger partial charge in [0.05, 0.1) is 10.9 Å². The maximum absolute atomic E-state index is 2.59. The molecule has 0 spiro atoms. The first-order valence-electron chi connectivity index (χ1n) is 12.7. The molecule has 2 heteroatoms. The summed E-state index contributed by atoms with van der Waals surface area (Å²) in [5.41, 5.74) is 3.92. The summed E-state index contributed by atoms with van der Waals surface area (Å²) in [6.45, 7) is 7.76. The third-order valence-corrected chi connectivity index (χ3v) is 9.52. The van der Waals surface area contributed by atoms with E-state index in [1.54, 1.807) is 0 Å². The molecule has 0 bridgehead atoms. The Morgan fingerprint density at radius 1 is 0.576 bits per heavy atom. The normalized spacial score (nSPS) is 20.6. The average molecular weight is 459 g/mol. The van der Waals surface area contributed by atoms with E-state index in [9.17, 15) is 0 Å². The molecule has 2 aliphatic rings. The zero-order valence-electron chi connectivity index (χ0n) is 20.9. The number of hydrogen-bond donors (Lipinski definition) is 0. The summed E-state index contributed by atoms with van der Waals surface area (Å²) in [6, 6.07) is 27.8. The summed E-state index contributed by atoms with van der Waals surface area (Å²) in [7, 11) is 2.27. The number of rotatable bonds is 3. The van der Waals surface area contributed by atoms with Gasteiger partial charge < -0.3 is 4.90 Å². The van der Waals surface area contributed by atoms with Gasteiger partial charge >= 0.3 is 0 Å². The fourth-order valence-electron chi connectivity index (χ4n) is 5.31. The molecule has 0 amide bonds. The van der Waals surface area contributed by atoms with Crippen LogP contribution < -0.4 is 0 Å². The zero-order chi connectivity index (χ0) is 23.2. The first-order valence-corrected chi connectivity index (χ1v) is 13.9. The molecule has 1 aliphatic heterocycles. The second-order valence-electron chi connectivity index (χ2n) is 9.98. The summed E-state index contributed by atoms with van der Waals surface area (Å²) in [5.74, 6) is 1.06. The molecule has 0 radical (unpaired) electrons. The van der Waals surface area contributed by atoms with Crippen LogP contribution >= 0.6 is 0 Å². The summed E-state index contributed by atoms with van der Waals surface area (Å²) < 4.78 is 0. The second kappa shape index (κ2) is 11.4. The largest absolute Gasteiger partial charge is 0.303 e. The smallest absolute Gasteiger partial charge is 0.166 e. The number of aryl methyl sites for hydroxylation is 3. The van der Waals surface area contributed by atoms with Gasteiger partial charge in [-0.2, -0.15) is 0 Å². The van der Waals surface area contributed by atoms with Crippen LogP contribution in [0.25, 0.3) is 0 Å². The predicted octanol–water partition coefficient (Wildman–Crippen LogP) is 7.98. The minimum Gasteiger partial charge on any atom is -0.303 e. The molecule has 2 unspecified atom stereocenters. The van der Waals surface area contributed by atoms with Gasteiger partial charge in [0, 0.05) is 6.04 Å². The number of piperidine rings is 1. The molecule has 2 atom stereocenters. The molecule has 0 aromatic heterocycles. The highest BCUT2D eigenvalue weighted by Gasteiger charge is 2.31. The van der Waals surface area contributed by atoms with Gasteiger partial charge in [-0.15, -0.1) is 0 Å². The van der Waals surface area contributed by atoms with Crippen molar-refractivity contribution in [2.45, 2.75) is 80.0 Å². The van der Waals surface area contributed by atoms with Gasteiger partial charge in [-0.05, 0) is 102 Å². The standard InChI is InChI=1S/C21H21S.C10H19N/c1-16-4-10-19(11-5-16)22(20-12-6-17(2)7-13-20)21-14-8-18(3)9-15-21;1-11-8-4-6-9-5-2-3-7-10(9)11/h4-15H,1-3H3;9-10H,2-8H2,1H3/q+1;. The topological polar surface area (TPSA) is 3.24 Å². The second-order valence-corrected chi connectivity index (χ2v) is 12.0. The van der Waals surface area contributed by atoms with E-state index in [0.717, 1.165) is 12.0 Å². The highest BCUT2D eigenvalue weighted by molar-refractivity contribution is 7.97. The molecule has 0 N–H and O–H groups in total. The van der Waals surface area contributed by atoms with Gasteiger partial charge in [-0.1, -0.05) is 65.9 Å². The summed E-state index contributed by atoms with van der Waals surface area (Å²) in [6.07, 6.45) is 8.91. The fourth-order valence-corrected chi connectivity index (χ4v) is 7.35. The molecule has 1 saturated heterocycles. The zero-order valence-corrected chi connectivity index (χ0v) is 21.7. The molecule has 1 aliphatic carbocycles. The first kappa shape index (κ1) is 24.1. The Morgan fingerprint density at radius 3 is 1.39 bits per heavy atom. The Kier molecular flexibility index (Phi) is 8.33. The molecule has 3 aromatic carbocycles. The van der Waals surface area contributed by atoms with E-state index in [2.05, 4.69) is 106 Å². The first-order chi connectivity index (χ1) is 16.0. The van der Waals surface area contributed by atoms with Gasteiger partial charge in [0.25, 0.3) is 0 Å². The van der Waals surface area contributed by atoms with Crippen LogP contribution in [-0.4, -0.2) is 24.5 Å². The average Bonchev–Trinajstić information content (AvgIpc) is 2.84. The minimum absolute atomic E-state index is 0.0394. The van der Waals surface area contributed by atoms with Gasteiger partial charge in [0.1, 0.15) is 0 Å². The van der Waals surface area contributed by atoms with Gasteiger partial charge in [0.2, 0.25) is 0 Å². The van der Waals surface area contributed by atoms with E-state index in [-0.39, 0.29) is 10.9 Å². The summed E-state index contributed by atoms with van der Waals surface area (Å²) >= 11 is 0. The van der Waals surface area contributed by atoms with Crippen molar-refractivity contribution in [3.05, 3.63) is 89.5 Å². The molecular weight excluding hydrogens is 418 g/mol. The lowest BCUT2D eigenvalue weighted by atomic mass is 9.79. The Hall–Kier alpha value is -2.03. The third-order valence-electron chi connectivity index (χ3n) is 7.29. The van der Waals surface area contributed by atoms with Gasteiger partial charge in [-0.3, -0.25) is 0 Å². The van der Waals surface area contributed by atoms with Crippen molar-refractivity contribution in [2.75, 3.05) is 13.6 Å². The van der Waals surface area contributed by atoms with Crippen LogP contribution in [0.5, 0.6) is 0 Å². The van der Waals surface area contributed by atoms with Crippen LogP contribution in [0.1, 0.15) is 55.2 Å². The maximum atomic E-state index is 2.59. The van der Waals surface area contributed by atoms with Crippen LogP contribution in [-0.2, 0) is 10.9 Å². The van der Waals surface area contributed by atoms with E-state index in [1.807, 2.05) is 0 Å². The van der Waals surface area contributed by atoms with E-state index in [0.29, 0.717) is 0 Å². The van der Waals surface area contributed by atoms with Gasteiger partial charge in [0.15, 0.2) is 14.7 Å². The molecule has 5 rings (SSSR count). The maximum Gasteiger partial charge on any atom is 0.166 e. The van der Waals surface area contributed by atoms with Gasteiger partial charge in [-0.25, -0.2) is 0 Å². The molecule has 174 valence electrons. The molecule has 3 aromatic rings. The number of fused-ring (bicyclic) bond motifs is 1. The highest BCUT2D eigenvalue weighted by Crippen LogP contribution is 2.34. The molecular formula is C31H40NS+. The molecule has 33 heavy (non-hydrogen) atoms. The number of benzene rings is 3. The summed E-state index contributed by atoms with van der Waals surface area (Å²) in [5, 5.41) is 0. The van der Waals surface area contributed by atoms with Crippen molar-refractivity contribution in [3.63, 3.8) is 0 Å². The third kappa shape index (κ3) is 6.31. The van der Waals surface area contributed by atoms with Crippen LogP contribution in [0.4, 0.5) is 0 Å². The molecule has 1 saturated carbocycles. The van der Waals surface area contributed by atoms with Crippen LogP contribution in [0.2, 0.25) is 0 Å². The van der Waals surface area contributed by atoms with Crippen molar-refractivity contribution in [3.8, 4) is 0 Å². The lowest BCUT2D eigenvalue weighted by Crippen LogP contribution is -2.44.